The van der Waals surface area contributed by atoms with Crippen molar-refractivity contribution in [2.45, 2.75) is 51.1 Å². The number of hydrogen-bond acceptors (Lipinski definition) is 7. The number of carbonyl (C=O) groups is 1. The van der Waals surface area contributed by atoms with Crippen LogP contribution in [0.15, 0.2) is 51.7 Å². The minimum absolute atomic E-state index is 0.00198. The van der Waals surface area contributed by atoms with Crippen LogP contribution in [0.3, 0.4) is 0 Å². The Morgan fingerprint density at radius 2 is 1.86 bits per heavy atom. The van der Waals surface area contributed by atoms with E-state index in [0.717, 1.165) is 25.7 Å². The lowest BCUT2D eigenvalue weighted by Gasteiger charge is -2.30. The highest BCUT2D eigenvalue weighted by Crippen LogP contribution is 2.43. The Hall–Kier alpha value is -3.33. The van der Waals surface area contributed by atoms with E-state index < -0.39 is 27.8 Å². The molecular weight excluding hydrogens is 494 g/mol. The van der Waals surface area contributed by atoms with Gasteiger partial charge < -0.3 is 18.8 Å². The van der Waals surface area contributed by atoms with Crippen molar-refractivity contribution in [3.05, 3.63) is 69.6 Å². The van der Waals surface area contributed by atoms with Crippen molar-refractivity contribution in [2.75, 3.05) is 25.2 Å². The summed E-state index contributed by atoms with van der Waals surface area (Å²) < 4.78 is 42.2. The summed E-state index contributed by atoms with van der Waals surface area (Å²) in [6, 6.07) is 10.8. The molecule has 1 amide bonds. The standard InChI is InChI=1S/C28H31NO7S/c1-3-4-5-8-14-35-22-12-11-18(16-23(22)34-2)25-24-26(30)20-9-6-7-10-21(20)36-27(24)28(31)29(25)19-13-15-37(32,33)17-19/h6-7,9-12,16,19,25H,3-5,8,13-15,17H2,1-2H3. The molecule has 0 N–H and O–H groups in total. The maximum Gasteiger partial charge on any atom is 0.291 e. The summed E-state index contributed by atoms with van der Waals surface area (Å²) in [6.07, 6.45) is 4.62. The summed E-state index contributed by atoms with van der Waals surface area (Å²) in [6.45, 7) is 2.71. The molecule has 0 spiro atoms. The number of sulfone groups is 1. The lowest BCUT2D eigenvalue weighted by atomic mass is 9.97. The molecule has 8 nitrogen and oxygen atoms in total. The molecule has 2 aliphatic rings. The number of carbonyl (C=O) groups excluding carboxylic acids is 1. The van der Waals surface area contributed by atoms with Gasteiger partial charge in [0.15, 0.2) is 26.8 Å². The monoisotopic (exact) mass is 525 g/mol. The van der Waals surface area contributed by atoms with Gasteiger partial charge in [-0.2, -0.15) is 0 Å². The fourth-order valence-electron chi connectivity index (χ4n) is 5.32. The van der Waals surface area contributed by atoms with Crippen molar-refractivity contribution in [3.63, 3.8) is 0 Å². The first-order chi connectivity index (χ1) is 17.8. The van der Waals surface area contributed by atoms with E-state index in [0.29, 0.717) is 41.1 Å². The number of rotatable bonds is 9. The van der Waals surface area contributed by atoms with Crippen molar-refractivity contribution in [3.8, 4) is 11.5 Å². The van der Waals surface area contributed by atoms with E-state index in [2.05, 4.69) is 6.92 Å². The van der Waals surface area contributed by atoms with Crippen molar-refractivity contribution in [1.29, 1.82) is 0 Å². The van der Waals surface area contributed by atoms with Crippen LogP contribution in [0.2, 0.25) is 0 Å². The molecule has 3 heterocycles. The van der Waals surface area contributed by atoms with Gasteiger partial charge in [-0.05, 0) is 42.7 Å². The van der Waals surface area contributed by atoms with E-state index in [1.165, 1.54) is 4.90 Å². The molecule has 2 aliphatic heterocycles. The van der Waals surface area contributed by atoms with Crippen molar-refractivity contribution in [2.24, 2.45) is 0 Å². The zero-order valence-electron chi connectivity index (χ0n) is 21.1. The molecule has 2 aromatic carbocycles. The molecule has 3 aromatic rings. The zero-order valence-corrected chi connectivity index (χ0v) is 21.9. The van der Waals surface area contributed by atoms with Gasteiger partial charge in [-0.25, -0.2) is 8.42 Å². The molecule has 0 radical (unpaired) electrons. The van der Waals surface area contributed by atoms with Gasteiger partial charge in [0.05, 0.1) is 42.2 Å². The van der Waals surface area contributed by atoms with Crippen LogP contribution in [0.1, 0.15) is 66.8 Å². The molecule has 196 valence electrons. The van der Waals surface area contributed by atoms with E-state index in [9.17, 15) is 18.0 Å². The first-order valence-electron chi connectivity index (χ1n) is 12.7. The molecule has 0 bridgehead atoms. The summed E-state index contributed by atoms with van der Waals surface area (Å²) in [7, 11) is -1.74. The second kappa shape index (κ2) is 10.2. The SMILES string of the molecule is CCCCCCOc1ccc(C2c3c(oc4ccccc4c3=O)C(=O)N2C2CCS(=O)(=O)C2)cc1OC. The molecule has 1 saturated heterocycles. The van der Waals surface area contributed by atoms with E-state index >= 15 is 0 Å². The largest absolute Gasteiger partial charge is 0.493 e. The number of fused-ring (bicyclic) bond motifs is 2. The highest BCUT2D eigenvalue weighted by molar-refractivity contribution is 7.91. The Bertz CT molecular complexity index is 1490. The maximum atomic E-state index is 13.7. The van der Waals surface area contributed by atoms with E-state index in [-0.39, 0.29) is 28.3 Å². The summed E-state index contributed by atoms with van der Waals surface area (Å²) >= 11 is 0. The zero-order chi connectivity index (χ0) is 26.2. The third-order valence-corrected chi connectivity index (χ3v) is 8.92. The first kappa shape index (κ1) is 25.3. The van der Waals surface area contributed by atoms with Crippen molar-refractivity contribution >= 4 is 26.7 Å². The molecule has 37 heavy (non-hydrogen) atoms. The second-order valence-corrected chi connectivity index (χ2v) is 11.9. The normalized spacial score (nSPS) is 20.4. The second-order valence-electron chi connectivity index (χ2n) is 9.66. The molecule has 0 aliphatic carbocycles. The van der Waals surface area contributed by atoms with E-state index in [1.54, 1.807) is 43.5 Å². The van der Waals surface area contributed by atoms with Crippen LogP contribution in [0.5, 0.6) is 11.5 Å². The number of para-hydroxylation sites is 1. The van der Waals surface area contributed by atoms with E-state index in [1.807, 2.05) is 6.07 Å². The molecule has 0 saturated carbocycles. The Morgan fingerprint density at radius 3 is 2.59 bits per heavy atom. The maximum absolute atomic E-state index is 13.7. The minimum Gasteiger partial charge on any atom is -0.493 e. The van der Waals surface area contributed by atoms with Crippen molar-refractivity contribution in [1.82, 2.24) is 4.90 Å². The van der Waals surface area contributed by atoms with Gasteiger partial charge >= 0.3 is 0 Å². The highest BCUT2D eigenvalue weighted by atomic mass is 32.2. The third-order valence-electron chi connectivity index (χ3n) is 7.17. The number of hydrogen-bond donors (Lipinski definition) is 0. The fraction of sp³-hybridized carbons (Fsp3) is 0.429. The van der Waals surface area contributed by atoms with Gasteiger partial charge in [0, 0.05) is 6.04 Å². The van der Waals surface area contributed by atoms with E-state index in [4.69, 9.17) is 13.9 Å². The fourth-order valence-corrected chi connectivity index (χ4v) is 7.03. The lowest BCUT2D eigenvalue weighted by molar-refractivity contribution is 0.0662. The van der Waals surface area contributed by atoms with Crippen LogP contribution in [0.25, 0.3) is 11.0 Å². The topological polar surface area (TPSA) is 103 Å². The number of ether oxygens (including phenoxy) is 2. The molecule has 1 fully saturated rings. The summed E-state index contributed by atoms with van der Waals surface area (Å²) in [5.74, 6) is 0.411. The number of methoxy groups -OCH3 is 1. The average Bonchev–Trinajstić information content (AvgIpc) is 3.40. The number of benzene rings is 2. The van der Waals surface area contributed by atoms with Gasteiger partial charge in [0.2, 0.25) is 5.76 Å². The van der Waals surface area contributed by atoms with Gasteiger partial charge in [0.1, 0.15) is 5.58 Å². The smallest absolute Gasteiger partial charge is 0.291 e. The Balaban J connectivity index is 1.58. The summed E-state index contributed by atoms with van der Waals surface area (Å²) in [4.78, 5) is 28.9. The Kier molecular flexibility index (Phi) is 6.98. The van der Waals surface area contributed by atoms with Gasteiger partial charge in [-0.15, -0.1) is 0 Å². The molecular formula is C28H31NO7S. The van der Waals surface area contributed by atoms with Gasteiger partial charge in [-0.1, -0.05) is 44.4 Å². The van der Waals surface area contributed by atoms with Crippen molar-refractivity contribution < 1.29 is 27.1 Å². The minimum atomic E-state index is -3.28. The third kappa shape index (κ3) is 4.72. The molecule has 9 heteroatoms. The molecule has 2 atom stereocenters. The molecule has 1 aromatic heterocycles. The van der Waals surface area contributed by atoms with Crippen LogP contribution >= 0.6 is 0 Å². The predicted molar refractivity (Wildman–Crippen MR) is 140 cm³/mol. The number of amides is 1. The molecule has 5 rings (SSSR count). The first-order valence-corrected chi connectivity index (χ1v) is 14.6. The Morgan fingerprint density at radius 1 is 1.05 bits per heavy atom. The van der Waals surface area contributed by atoms with Crippen LogP contribution < -0.4 is 14.9 Å². The Labute approximate surface area is 216 Å². The summed E-state index contributed by atoms with van der Waals surface area (Å²) in [5, 5.41) is 0.374. The number of unbranched alkanes of at least 4 members (excludes halogenated alkanes) is 3. The quantitative estimate of drug-likeness (QED) is 0.379. The van der Waals surface area contributed by atoms with Crippen LogP contribution in [-0.2, 0) is 9.84 Å². The number of nitrogens with zero attached hydrogens (tertiary/aromatic N) is 1. The van der Waals surface area contributed by atoms with Gasteiger partial charge in [0.25, 0.3) is 5.91 Å². The molecule has 2 unspecified atom stereocenters. The average molecular weight is 526 g/mol. The van der Waals surface area contributed by atoms with Crippen LogP contribution in [0, 0.1) is 0 Å². The summed E-state index contributed by atoms with van der Waals surface area (Å²) in [5.41, 5.74) is 0.884. The van der Waals surface area contributed by atoms with Gasteiger partial charge in [-0.3, -0.25) is 9.59 Å². The highest BCUT2D eigenvalue weighted by Gasteiger charge is 2.48. The van der Waals surface area contributed by atoms with Crippen LogP contribution in [-0.4, -0.2) is 50.5 Å². The lowest BCUT2D eigenvalue weighted by Crippen LogP contribution is -2.40. The predicted octanol–water partition coefficient (Wildman–Crippen LogP) is 4.49. The van der Waals surface area contributed by atoms with Crippen LogP contribution in [0.4, 0.5) is 0 Å².